The van der Waals surface area contributed by atoms with Crippen molar-refractivity contribution in [2.45, 2.75) is 31.4 Å². The van der Waals surface area contributed by atoms with Crippen LogP contribution in [-0.2, 0) is 6.54 Å². The highest BCUT2D eigenvalue weighted by Crippen LogP contribution is 2.45. The van der Waals surface area contributed by atoms with E-state index in [9.17, 15) is 31.4 Å². The highest BCUT2D eigenvalue weighted by molar-refractivity contribution is 4.92. The van der Waals surface area contributed by atoms with Crippen LogP contribution in [0.2, 0.25) is 0 Å². The van der Waals surface area contributed by atoms with Crippen molar-refractivity contribution in [2.75, 3.05) is 0 Å². The van der Waals surface area contributed by atoms with Crippen LogP contribution in [0.1, 0.15) is 6.92 Å². The third-order valence-electron chi connectivity index (χ3n) is 2.32. The molecule has 0 spiro atoms. The molecule has 1 heterocycles. The molecule has 1 atom stereocenters. The van der Waals surface area contributed by atoms with E-state index < -0.39 is 30.4 Å². The van der Waals surface area contributed by atoms with Gasteiger partial charge in [0, 0.05) is 12.4 Å². The maximum absolute atomic E-state index is 12.4. The lowest BCUT2D eigenvalue weighted by molar-refractivity contribution is -0.327. The summed E-state index contributed by atoms with van der Waals surface area (Å²) in [5, 5.41) is 13.0. The molecular formula is C9H10F6N2O. The highest BCUT2D eigenvalue weighted by atomic mass is 19.4. The van der Waals surface area contributed by atoms with Gasteiger partial charge >= 0.3 is 12.4 Å². The summed E-state index contributed by atoms with van der Waals surface area (Å²) >= 11 is 0. The number of alkyl halides is 6. The second kappa shape index (κ2) is 4.45. The molecule has 0 saturated carbocycles. The Morgan fingerprint density at radius 1 is 1.17 bits per heavy atom. The van der Waals surface area contributed by atoms with Crippen LogP contribution in [0.4, 0.5) is 26.3 Å². The predicted octanol–water partition coefficient (Wildman–Crippen LogP) is 2.37. The highest BCUT2D eigenvalue weighted by Gasteiger charge is 2.64. The molecule has 18 heavy (non-hydrogen) atoms. The Kier molecular flexibility index (Phi) is 3.66. The first-order valence-corrected chi connectivity index (χ1v) is 4.78. The Morgan fingerprint density at radius 3 is 2.00 bits per heavy atom. The van der Waals surface area contributed by atoms with E-state index in [2.05, 4.69) is 5.10 Å². The monoisotopic (exact) mass is 276 g/mol. The van der Waals surface area contributed by atoms with E-state index in [1.54, 1.807) is 0 Å². The summed E-state index contributed by atoms with van der Waals surface area (Å²) in [7, 11) is 0. The Balaban J connectivity index is 3.04. The third-order valence-corrected chi connectivity index (χ3v) is 2.32. The number of nitrogens with zero attached hydrogens (tertiary/aromatic N) is 2. The molecule has 0 bridgehead atoms. The summed E-state index contributed by atoms with van der Waals surface area (Å²) in [5.74, 6) is -3.83. The van der Waals surface area contributed by atoms with Crippen molar-refractivity contribution in [3.63, 3.8) is 0 Å². The zero-order valence-corrected chi connectivity index (χ0v) is 9.13. The number of rotatable bonds is 3. The lowest BCUT2D eigenvalue weighted by atomic mass is 9.87. The van der Waals surface area contributed by atoms with E-state index in [1.807, 2.05) is 0 Å². The van der Waals surface area contributed by atoms with Gasteiger partial charge < -0.3 is 5.11 Å². The number of hydrogen-bond acceptors (Lipinski definition) is 2. The molecule has 0 fully saturated rings. The smallest absolute Gasteiger partial charge is 0.387 e. The van der Waals surface area contributed by atoms with Crippen molar-refractivity contribution in [1.82, 2.24) is 9.78 Å². The van der Waals surface area contributed by atoms with Crippen molar-refractivity contribution in [3.05, 3.63) is 18.5 Å². The van der Waals surface area contributed by atoms with E-state index in [1.165, 1.54) is 12.3 Å². The molecule has 0 aliphatic carbocycles. The molecule has 0 radical (unpaired) electrons. The first kappa shape index (κ1) is 14.8. The van der Waals surface area contributed by atoms with E-state index in [0.29, 0.717) is 6.92 Å². The SMILES string of the molecule is CC(O)(Cn1cccn1)C(C(F)(F)F)C(F)(F)F. The molecule has 0 aliphatic rings. The maximum atomic E-state index is 12.4. The molecule has 0 amide bonds. The number of halogens is 6. The van der Waals surface area contributed by atoms with Crippen molar-refractivity contribution in [2.24, 2.45) is 5.92 Å². The summed E-state index contributed by atoms with van der Waals surface area (Å²) in [6.07, 6.45) is -8.83. The first-order chi connectivity index (χ1) is 7.94. The summed E-state index contributed by atoms with van der Waals surface area (Å²) in [6, 6.07) is 1.33. The molecule has 0 aliphatic heterocycles. The van der Waals surface area contributed by atoms with Gasteiger partial charge in [0.1, 0.15) is 5.60 Å². The van der Waals surface area contributed by atoms with Crippen LogP contribution in [0.15, 0.2) is 18.5 Å². The summed E-state index contributed by atoms with van der Waals surface area (Å²) in [4.78, 5) is 0. The molecule has 3 nitrogen and oxygen atoms in total. The molecule has 9 heteroatoms. The van der Waals surface area contributed by atoms with Gasteiger partial charge in [-0.25, -0.2) is 0 Å². The quantitative estimate of drug-likeness (QED) is 0.861. The predicted molar refractivity (Wildman–Crippen MR) is 48.5 cm³/mol. The number of aliphatic hydroxyl groups is 1. The van der Waals surface area contributed by atoms with Gasteiger partial charge in [-0.1, -0.05) is 0 Å². The van der Waals surface area contributed by atoms with Crippen molar-refractivity contribution in [3.8, 4) is 0 Å². The average molecular weight is 276 g/mol. The molecule has 1 aromatic rings. The molecule has 0 aromatic carbocycles. The van der Waals surface area contributed by atoms with Crippen molar-refractivity contribution < 1.29 is 31.4 Å². The Labute approximate surface area is 98.0 Å². The topological polar surface area (TPSA) is 38.0 Å². The van der Waals surface area contributed by atoms with E-state index in [-0.39, 0.29) is 0 Å². The fourth-order valence-electron chi connectivity index (χ4n) is 1.70. The van der Waals surface area contributed by atoms with Gasteiger partial charge in [0.25, 0.3) is 0 Å². The minimum absolute atomic E-state index is 0.486. The van der Waals surface area contributed by atoms with Crippen molar-refractivity contribution in [1.29, 1.82) is 0 Å². The van der Waals surface area contributed by atoms with Crippen LogP contribution in [-0.4, -0.2) is 32.8 Å². The molecule has 1 N–H and O–H groups in total. The second-order valence-corrected chi connectivity index (χ2v) is 4.08. The fraction of sp³-hybridized carbons (Fsp3) is 0.667. The van der Waals surface area contributed by atoms with Gasteiger partial charge in [0.15, 0.2) is 5.92 Å². The molecule has 1 rings (SSSR count). The van der Waals surface area contributed by atoms with Gasteiger partial charge in [-0.3, -0.25) is 4.68 Å². The van der Waals surface area contributed by atoms with Crippen LogP contribution in [0.5, 0.6) is 0 Å². The lowest BCUT2D eigenvalue weighted by Crippen LogP contribution is -2.54. The summed E-state index contributed by atoms with van der Waals surface area (Å²) in [5.41, 5.74) is -3.04. The standard InChI is InChI=1S/C9H10F6N2O/c1-7(18,5-17-4-2-3-16-17)6(8(10,11)12)9(13,14)15/h2-4,6,18H,5H2,1H3. The lowest BCUT2D eigenvalue weighted by Gasteiger charge is -2.35. The fourth-order valence-corrected chi connectivity index (χ4v) is 1.70. The first-order valence-electron chi connectivity index (χ1n) is 4.78. The van der Waals surface area contributed by atoms with E-state index in [0.717, 1.165) is 10.9 Å². The Bertz CT molecular complexity index is 367. The third kappa shape index (κ3) is 3.37. The molecule has 104 valence electrons. The molecular weight excluding hydrogens is 266 g/mol. The van der Waals surface area contributed by atoms with Crippen LogP contribution in [0, 0.1) is 5.92 Å². The van der Waals surface area contributed by atoms with Crippen LogP contribution >= 0.6 is 0 Å². The Morgan fingerprint density at radius 2 is 1.67 bits per heavy atom. The van der Waals surface area contributed by atoms with Crippen molar-refractivity contribution >= 4 is 0 Å². The van der Waals surface area contributed by atoms with Gasteiger partial charge in [0.05, 0.1) is 6.54 Å². The average Bonchev–Trinajstić information content (AvgIpc) is 2.47. The van der Waals surface area contributed by atoms with Gasteiger partial charge in [-0.2, -0.15) is 31.4 Å². The zero-order valence-electron chi connectivity index (χ0n) is 9.13. The second-order valence-electron chi connectivity index (χ2n) is 4.08. The minimum Gasteiger partial charge on any atom is -0.387 e. The maximum Gasteiger partial charge on any atom is 0.403 e. The zero-order chi connectivity index (χ0) is 14.2. The summed E-state index contributed by atoms with van der Waals surface area (Å²) < 4.78 is 75.4. The molecule has 0 saturated heterocycles. The van der Waals surface area contributed by atoms with Gasteiger partial charge in [-0.05, 0) is 13.0 Å². The number of hydrogen-bond donors (Lipinski definition) is 1. The van der Waals surface area contributed by atoms with E-state index >= 15 is 0 Å². The van der Waals surface area contributed by atoms with Gasteiger partial charge in [-0.15, -0.1) is 0 Å². The normalized spacial score (nSPS) is 16.9. The van der Waals surface area contributed by atoms with Crippen LogP contribution in [0.3, 0.4) is 0 Å². The minimum atomic E-state index is -5.59. The summed E-state index contributed by atoms with van der Waals surface area (Å²) in [6.45, 7) is -0.427. The van der Waals surface area contributed by atoms with Crippen LogP contribution < -0.4 is 0 Å². The molecule has 1 unspecified atom stereocenters. The van der Waals surface area contributed by atoms with E-state index in [4.69, 9.17) is 0 Å². The molecule has 1 aromatic heterocycles. The Hall–Kier alpha value is -1.25. The van der Waals surface area contributed by atoms with Crippen LogP contribution in [0.25, 0.3) is 0 Å². The van der Waals surface area contributed by atoms with Gasteiger partial charge in [0.2, 0.25) is 0 Å². The number of aromatic nitrogens is 2. The largest absolute Gasteiger partial charge is 0.403 e.